The van der Waals surface area contributed by atoms with Gasteiger partial charge in [-0.15, -0.1) is 11.3 Å². The SMILES string of the molecule is CN(C)C(=O)c1sc2nc(N3CCC(S(C)(=O)=O)CC3)cc(C(F)(F)F)c2c1N. The lowest BCUT2D eigenvalue weighted by atomic mass is 10.1. The summed E-state index contributed by atoms with van der Waals surface area (Å²) in [5.41, 5.74) is 4.73. The fraction of sp³-hybridized carbons (Fsp3) is 0.529. The van der Waals surface area contributed by atoms with Crippen LogP contribution in [0.15, 0.2) is 6.07 Å². The lowest BCUT2D eigenvalue weighted by Crippen LogP contribution is -2.39. The number of amides is 1. The van der Waals surface area contributed by atoms with Gasteiger partial charge in [0.15, 0.2) is 0 Å². The number of halogens is 3. The van der Waals surface area contributed by atoms with Crippen LogP contribution in [0.4, 0.5) is 24.7 Å². The molecule has 0 atom stereocenters. The molecule has 1 fully saturated rings. The van der Waals surface area contributed by atoms with Crippen molar-refractivity contribution in [2.45, 2.75) is 24.3 Å². The highest BCUT2D eigenvalue weighted by Gasteiger charge is 2.37. The second kappa shape index (κ2) is 7.31. The van der Waals surface area contributed by atoms with Gasteiger partial charge in [0, 0.05) is 38.8 Å². The molecule has 3 heterocycles. The number of fused-ring (bicyclic) bond motifs is 1. The number of carbonyl (C=O) groups excluding carboxylic acids is 1. The van der Waals surface area contributed by atoms with Gasteiger partial charge in [-0.05, 0) is 18.9 Å². The number of pyridine rings is 1. The van der Waals surface area contributed by atoms with Crippen LogP contribution in [-0.2, 0) is 16.0 Å². The summed E-state index contributed by atoms with van der Waals surface area (Å²) < 4.78 is 64.7. The third-order valence-corrected chi connectivity index (χ3v) is 7.73. The Balaban J connectivity index is 2.08. The topological polar surface area (TPSA) is 96.6 Å². The molecule has 0 radical (unpaired) electrons. The quantitative estimate of drug-likeness (QED) is 0.772. The number of anilines is 2. The molecule has 160 valence electrons. The molecule has 1 saturated heterocycles. The van der Waals surface area contributed by atoms with Crippen LogP contribution in [0.25, 0.3) is 10.2 Å². The van der Waals surface area contributed by atoms with E-state index in [1.165, 1.54) is 19.0 Å². The lowest BCUT2D eigenvalue weighted by molar-refractivity contribution is -0.136. The predicted molar refractivity (Wildman–Crippen MR) is 107 cm³/mol. The largest absolute Gasteiger partial charge is 0.417 e. The number of carbonyl (C=O) groups is 1. The van der Waals surface area contributed by atoms with E-state index in [1.807, 2.05) is 0 Å². The molecule has 1 aliphatic rings. The van der Waals surface area contributed by atoms with E-state index >= 15 is 0 Å². The Bertz CT molecular complexity index is 1060. The number of piperidine rings is 1. The van der Waals surface area contributed by atoms with Crippen molar-refractivity contribution in [1.82, 2.24) is 9.88 Å². The van der Waals surface area contributed by atoms with Crippen LogP contribution in [-0.4, -0.2) is 62.9 Å². The van der Waals surface area contributed by atoms with Gasteiger partial charge in [0.1, 0.15) is 25.4 Å². The normalized spacial score (nSPS) is 16.4. The van der Waals surface area contributed by atoms with Crippen molar-refractivity contribution in [1.29, 1.82) is 0 Å². The number of alkyl halides is 3. The van der Waals surface area contributed by atoms with Crippen LogP contribution >= 0.6 is 11.3 Å². The van der Waals surface area contributed by atoms with Gasteiger partial charge in [-0.3, -0.25) is 4.79 Å². The Labute approximate surface area is 170 Å². The van der Waals surface area contributed by atoms with Crippen molar-refractivity contribution in [3.63, 3.8) is 0 Å². The second-order valence-corrected chi connectivity index (χ2v) is 10.6. The van der Waals surface area contributed by atoms with Gasteiger partial charge < -0.3 is 15.5 Å². The summed E-state index contributed by atoms with van der Waals surface area (Å²) in [5, 5.41) is -0.784. The molecule has 0 aliphatic carbocycles. The number of nitrogen functional groups attached to an aromatic ring is 1. The van der Waals surface area contributed by atoms with Crippen LogP contribution in [0, 0.1) is 0 Å². The summed E-state index contributed by atoms with van der Waals surface area (Å²) >= 11 is 0.824. The first-order valence-electron chi connectivity index (χ1n) is 8.76. The minimum atomic E-state index is -4.69. The average Bonchev–Trinajstić information content (AvgIpc) is 2.95. The van der Waals surface area contributed by atoms with Gasteiger partial charge >= 0.3 is 6.18 Å². The molecule has 0 spiro atoms. The Morgan fingerprint density at radius 2 is 1.90 bits per heavy atom. The number of hydrogen-bond donors (Lipinski definition) is 1. The summed E-state index contributed by atoms with van der Waals surface area (Å²) in [6, 6.07) is 0.927. The van der Waals surface area contributed by atoms with Crippen molar-refractivity contribution in [2.24, 2.45) is 0 Å². The van der Waals surface area contributed by atoms with Crippen molar-refractivity contribution >= 4 is 48.8 Å². The van der Waals surface area contributed by atoms with E-state index in [4.69, 9.17) is 5.73 Å². The Hall–Kier alpha value is -2.08. The second-order valence-electron chi connectivity index (χ2n) is 7.27. The maximum atomic E-state index is 13.8. The summed E-state index contributed by atoms with van der Waals surface area (Å²) in [5.74, 6) is -0.393. The number of sulfone groups is 1. The van der Waals surface area contributed by atoms with Gasteiger partial charge in [0.25, 0.3) is 5.91 Å². The summed E-state index contributed by atoms with van der Waals surface area (Å²) in [6.45, 7) is 0.551. The summed E-state index contributed by atoms with van der Waals surface area (Å²) in [6.07, 6.45) is -2.89. The lowest BCUT2D eigenvalue weighted by Gasteiger charge is -2.32. The molecular formula is C17H21F3N4O3S2. The Kier molecular flexibility index (Phi) is 5.45. The molecule has 0 aromatic carbocycles. The first kappa shape index (κ1) is 21.6. The monoisotopic (exact) mass is 450 g/mol. The Morgan fingerprint density at radius 1 is 1.31 bits per heavy atom. The van der Waals surface area contributed by atoms with Gasteiger partial charge in [0.05, 0.1) is 16.5 Å². The summed E-state index contributed by atoms with van der Waals surface area (Å²) in [4.78, 5) is 19.5. The smallest absolute Gasteiger partial charge is 0.397 e. The predicted octanol–water partition coefficient (Wildman–Crippen LogP) is 2.61. The van der Waals surface area contributed by atoms with Gasteiger partial charge in [-0.25, -0.2) is 13.4 Å². The minimum absolute atomic E-state index is 0.0101. The van der Waals surface area contributed by atoms with Crippen molar-refractivity contribution < 1.29 is 26.4 Å². The number of nitrogens with zero attached hydrogens (tertiary/aromatic N) is 3. The zero-order valence-electron chi connectivity index (χ0n) is 16.1. The van der Waals surface area contributed by atoms with Gasteiger partial charge in [-0.2, -0.15) is 13.2 Å². The molecule has 1 amide bonds. The molecule has 29 heavy (non-hydrogen) atoms. The standard InChI is InChI=1S/C17H21F3N4O3S2/c1-23(2)16(25)14-13(21)12-10(17(18,19)20)8-11(22-15(12)28-14)24-6-4-9(5-7-24)29(3,26)27/h8-9H,4-7,21H2,1-3H3. The fourth-order valence-corrected chi connectivity index (χ4v) is 5.57. The average molecular weight is 451 g/mol. The van der Waals surface area contributed by atoms with Gasteiger partial charge in [-0.1, -0.05) is 0 Å². The maximum absolute atomic E-state index is 13.8. The molecule has 0 unspecified atom stereocenters. The molecule has 7 nitrogen and oxygen atoms in total. The molecule has 2 aromatic heterocycles. The highest BCUT2D eigenvalue weighted by molar-refractivity contribution is 7.91. The van der Waals surface area contributed by atoms with Crippen LogP contribution in [0.3, 0.4) is 0 Å². The van der Waals surface area contributed by atoms with E-state index in [0.717, 1.165) is 23.7 Å². The third-order valence-electron chi connectivity index (χ3n) is 4.96. The number of aromatic nitrogens is 1. The maximum Gasteiger partial charge on any atom is 0.417 e. The minimum Gasteiger partial charge on any atom is -0.397 e. The molecule has 2 aromatic rings. The zero-order valence-corrected chi connectivity index (χ0v) is 17.7. The molecular weight excluding hydrogens is 429 g/mol. The number of rotatable bonds is 3. The fourth-order valence-electron chi connectivity index (χ4n) is 3.37. The van der Waals surface area contributed by atoms with E-state index in [9.17, 15) is 26.4 Å². The van der Waals surface area contributed by atoms with Crippen LogP contribution < -0.4 is 10.6 Å². The van der Waals surface area contributed by atoms with Crippen LogP contribution in [0.5, 0.6) is 0 Å². The van der Waals surface area contributed by atoms with Gasteiger partial charge in [0.2, 0.25) is 0 Å². The van der Waals surface area contributed by atoms with Crippen molar-refractivity contribution in [3.8, 4) is 0 Å². The van der Waals surface area contributed by atoms with Crippen LogP contribution in [0.1, 0.15) is 28.1 Å². The van der Waals surface area contributed by atoms with Crippen molar-refractivity contribution in [2.75, 3.05) is 44.1 Å². The summed E-state index contributed by atoms with van der Waals surface area (Å²) in [7, 11) is -0.226. The van der Waals surface area contributed by atoms with Crippen molar-refractivity contribution in [3.05, 3.63) is 16.5 Å². The zero-order chi connectivity index (χ0) is 21.7. The highest BCUT2D eigenvalue weighted by atomic mass is 32.2. The molecule has 0 bridgehead atoms. The van der Waals surface area contributed by atoms with E-state index in [-0.39, 0.29) is 39.7 Å². The number of nitrogens with two attached hydrogens (primary N) is 1. The molecule has 0 saturated carbocycles. The molecule has 12 heteroatoms. The number of hydrogen-bond acceptors (Lipinski definition) is 7. The van der Waals surface area contributed by atoms with E-state index < -0.39 is 32.7 Å². The Morgan fingerprint density at radius 3 is 2.38 bits per heavy atom. The third kappa shape index (κ3) is 4.13. The molecule has 3 rings (SSSR count). The first-order valence-corrected chi connectivity index (χ1v) is 11.5. The van der Waals surface area contributed by atoms with E-state index in [0.29, 0.717) is 12.8 Å². The number of thiophene rings is 1. The first-order chi connectivity index (χ1) is 13.3. The van der Waals surface area contributed by atoms with E-state index in [1.54, 1.807) is 4.90 Å². The molecule has 2 N–H and O–H groups in total. The highest BCUT2D eigenvalue weighted by Crippen LogP contribution is 2.43. The molecule has 1 aliphatic heterocycles. The van der Waals surface area contributed by atoms with E-state index in [2.05, 4.69) is 4.98 Å². The van der Waals surface area contributed by atoms with Crippen LogP contribution in [0.2, 0.25) is 0 Å².